The molecule has 3 heteroatoms. The minimum Gasteiger partial charge on any atom is -0.300 e. The highest BCUT2D eigenvalue weighted by atomic mass is 79.9. The Labute approximate surface area is 145 Å². The molecule has 0 aliphatic heterocycles. The van der Waals surface area contributed by atoms with Crippen molar-refractivity contribution in [3.63, 3.8) is 0 Å². The molecule has 0 aromatic heterocycles. The molecule has 0 unspecified atom stereocenters. The van der Waals surface area contributed by atoms with Crippen molar-refractivity contribution in [3.8, 4) is 0 Å². The van der Waals surface area contributed by atoms with Gasteiger partial charge in [0.25, 0.3) is 0 Å². The van der Waals surface area contributed by atoms with E-state index in [1.807, 2.05) is 60.4 Å². The average molecular weight is 371 g/mol. The number of carbonyl (C=O) groups excluding carboxylic acids is 2. The third-order valence-electron chi connectivity index (χ3n) is 3.81. The van der Waals surface area contributed by atoms with Crippen molar-refractivity contribution in [2.75, 3.05) is 5.83 Å². The van der Waals surface area contributed by atoms with E-state index in [4.69, 9.17) is 0 Å². The lowest BCUT2D eigenvalue weighted by Crippen LogP contribution is -2.06. The number of ketones is 2. The molecule has 0 radical (unpaired) electrons. The first-order valence-corrected chi connectivity index (χ1v) is 9.02. The highest BCUT2D eigenvalue weighted by Crippen LogP contribution is 2.36. The predicted octanol–water partition coefficient (Wildman–Crippen LogP) is 4.87. The van der Waals surface area contributed by atoms with E-state index in [-0.39, 0.29) is 11.6 Å². The Morgan fingerprint density at radius 1 is 0.957 bits per heavy atom. The van der Waals surface area contributed by atoms with Crippen LogP contribution in [0.25, 0.3) is 5.57 Å². The monoisotopic (exact) mass is 370 g/mol. The van der Waals surface area contributed by atoms with Gasteiger partial charge >= 0.3 is 0 Å². The van der Waals surface area contributed by atoms with E-state index in [1.54, 1.807) is 6.92 Å². The van der Waals surface area contributed by atoms with Crippen molar-refractivity contribution < 1.29 is 9.59 Å². The smallest absolute Gasteiger partial charge is 0.189 e. The van der Waals surface area contributed by atoms with Crippen molar-refractivity contribution >= 4 is 33.1 Å². The van der Waals surface area contributed by atoms with Gasteiger partial charge in [-0.25, -0.2) is 0 Å². The van der Waals surface area contributed by atoms with E-state index in [0.717, 1.165) is 22.3 Å². The minimum absolute atomic E-state index is 0.0306. The molecule has 3 rings (SSSR count). The number of fused-ring (bicyclic) bond motifs is 1. The van der Waals surface area contributed by atoms with Crippen LogP contribution in [0.4, 0.5) is 0 Å². The summed E-state index contributed by atoms with van der Waals surface area (Å²) < 4.78 is 0. The summed E-state index contributed by atoms with van der Waals surface area (Å²) in [7, 11) is 0. The van der Waals surface area contributed by atoms with Crippen molar-refractivity contribution in [1.29, 1.82) is 0 Å². The molecule has 0 amide bonds. The van der Waals surface area contributed by atoms with E-state index in [1.165, 1.54) is 0 Å². The van der Waals surface area contributed by atoms with Gasteiger partial charge in [-0.3, -0.25) is 9.59 Å². The molecule has 0 heterocycles. The largest absolute Gasteiger partial charge is 0.300 e. The Hall–Kier alpha value is -2.00. The van der Waals surface area contributed by atoms with Crippen molar-refractivity contribution in [2.45, 2.75) is 19.8 Å². The first-order valence-electron chi connectivity index (χ1n) is 7.44. The summed E-state index contributed by atoms with van der Waals surface area (Å²) >= 11 is 2.94. The summed E-state index contributed by atoms with van der Waals surface area (Å²) in [4.78, 5) is 24.3. The van der Waals surface area contributed by atoms with Crippen LogP contribution in [0.15, 0.2) is 60.2 Å². The fourth-order valence-electron chi connectivity index (χ4n) is 2.86. The number of Topliss-reactive ketones (excluding diaryl/α,β-unsaturated/α-hetero) is 2. The quantitative estimate of drug-likeness (QED) is 0.568. The zero-order valence-electron chi connectivity index (χ0n) is 13.3. The predicted molar refractivity (Wildman–Crippen MR) is 98.0 cm³/mol. The molecule has 0 spiro atoms. The van der Waals surface area contributed by atoms with Crippen LogP contribution in [-0.4, -0.2) is 17.4 Å². The topological polar surface area (TPSA) is 34.1 Å². The molecule has 0 saturated heterocycles. The summed E-state index contributed by atoms with van der Waals surface area (Å²) in [6.07, 6.45) is 0.942. The molecule has 0 fully saturated rings. The van der Waals surface area contributed by atoms with E-state index < -0.39 is 0 Å². The van der Waals surface area contributed by atoms with Crippen LogP contribution in [0.3, 0.4) is 0 Å². The first-order chi connectivity index (χ1) is 11.2. The molecule has 2 nitrogen and oxygen atoms in total. The summed E-state index contributed by atoms with van der Waals surface area (Å²) in [5.41, 5.74) is 4.52. The van der Waals surface area contributed by atoms with Gasteiger partial charge in [-0.2, -0.15) is 0 Å². The lowest BCUT2D eigenvalue weighted by Gasteiger charge is -2.06. The van der Waals surface area contributed by atoms with Gasteiger partial charge in [-0.15, -0.1) is 0 Å². The SMILES string of the molecule is CBr.CC(=O)CC1=C(C(=O)c2ccccc2)Cc2ccccc21. The van der Waals surface area contributed by atoms with Crippen LogP contribution in [0.2, 0.25) is 0 Å². The Morgan fingerprint density at radius 3 is 2.22 bits per heavy atom. The van der Waals surface area contributed by atoms with Crippen LogP contribution in [0.5, 0.6) is 0 Å². The minimum atomic E-state index is 0.0306. The molecule has 23 heavy (non-hydrogen) atoms. The van der Waals surface area contributed by atoms with Gasteiger partial charge in [0.15, 0.2) is 5.78 Å². The second-order valence-electron chi connectivity index (χ2n) is 5.36. The van der Waals surface area contributed by atoms with E-state index in [0.29, 0.717) is 18.4 Å². The number of benzene rings is 2. The molecule has 1 aliphatic carbocycles. The lowest BCUT2D eigenvalue weighted by atomic mass is 9.96. The lowest BCUT2D eigenvalue weighted by molar-refractivity contribution is -0.116. The third kappa shape index (κ3) is 3.85. The zero-order valence-corrected chi connectivity index (χ0v) is 14.9. The molecule has 0 bridgehead atoms. The summed E-state index contributed by atoms with van der Waals surface area (Å²) in [6, 6.07) is 17.2. The molecular weight excluding hydrogens is 352 g/mol. The third-order valence-corrected chi connectivity index (χ3v) is 3.81. The molecular formula is C20H19BrO2. The van der Waals surface area contributed by atoms with Crippen LogP contribution in [-0.2, 0) is 11.2 Å². The maximum atomic E-state index is 12.7. The second-order valence-corrected chi connectivity index (χ2v) is 5.36. The fourth-order valence-corrected chi connectivity index (χ4v) is 2.86. The number of carbonyl (C=O) groups is 2. The maximum absolute atomic E-state index is 12.7. The van der Waals surface area contributed by atoms with E-state index in [2.05, 4.69) is 15.9 Å². The highest BCUT2D eigenvalue weighted by Gasteiger charge is 2.26. The number of rotatable bonds is 4. The van der Waals surface area contributed by atoms with Crippen LogP contribution >= 0.6 is 15.9 Å². The van der Waals surface area contributed by atoms with Gasteiger partial charge in [-0.1, -0.05) is 70.5 Å². The van der Waals surface area contributed by atoms with E-state index >= 15 is 0 Å². The van der Waals surface area contributed by atoms with Gasteiger partial charge in [-0.05, 0) is 29.5 Å². The number of allylic oxidation sites excluding steroid dienone is 2. The normalized spacial score (nSPS) is 12.3. The van der Waals surface area contributed by atoms with Crippen molar-refractivity contribution in [2.24, 2.45) is 0 Å². The van der Waals surface area contributed by atoms with Gasteiger partial charge in [0, 0.05) is 24.0 Å². The van der Waals surface area contributed by atoms with Gasteiger partial charge < -0.3 is 0 Å². The number of halogens is 1. The Bertz CT molecular complexity index is 745. The second kappa shape index (κ2) is 8.02. The molecule has 2 aromatic carbocycles. The van der Waals surface area contributed by atoms with E-state index in [9.17, 15) is 9.59 Å². The van der Waals surface area contributed by atoms with Gasteiger partial charge in [0.2, 0.25) is 0 Å². The number of alkyl halides is 1. The van der Waals surface area contributed by atoms with Gasteiger partial charge in [0.1, 0.15) is 5.78 Å². The summed E-state index contributed by atoms with van der Waals surface area (Å²) in [5.74, 6) is 1.93. The summed E-state index contributed by atoms with van der Waals surface area (Å²) in [6.45, 7) is 1.57. The van der Waals surface area contributed by atoms with Gasteiger partial charge in [0.05, 0.1) is 0 Å². The average Bonchev–Trinajstić information content (AvgIpc) is 2.95. The molecule has 0 N–H and O–H groups in total. The standard InChI is InChI=1S/C19H16O2.CH3Br/c1-13(20)11-17-16-10-6-5-9-15(16)12-18(17)19(21)14-7-3-2-4-8-14;1-2/h2-10H,11-12H2,1H3;1H3. The van der Waals surface area contributed by atoms with Crippen LogP contribution in [0.1, 0.15) is 34.8 Å². The molecule has 0 atom stereocenters. The highest BCUT2D eigenvalue weighted by molar-refractivity contribution is 9.08. The Balaban J connectivity index is 0.000000924. The Morgan fingerprint density at radius 2 is 1.57 bits per heavy atom. The first kappa shape index (κ1) is 17.4. The molecule has 2 aromatic rings. The maximum Gasteiger partial charge on any atom is 0.189 e. The Kier molecular flexibility index (Phi) is 6.05. The van der Waals surface area contributed by atoms with Crippen molar-refractivity contribution in [1.82, 2.24) is 0 Å². The molecule has 1 aliphatic rings. The zero-order chi connectivity index (χ0) is 16.8. The van der Waals surface area contributed by atoms with Crippen LogP contribution < -0.4 is 0 Å². The summed E-state index contributed by atoms with van der Waals surface area (Å²) in [5, 5.41) is 0. The van der Waals surface area contributed by atoms with Crippen molar-refractivity contribution in [3.05, 3.63) is 76.9 Å². The number of hydrogen-bond donors (Lipinski definition) is 0. The molecule has 0 saturated carbocycles. The molecule has 118 valence electrons. The fraction of sp³-hybridized carbons (Fsp3) is 0.200. The van der Waals surface area contributed by atoms with Crippen LogP contribution in [0, 0.1) is 0 Å². The number of hydrogen-bond acceptors (Lipinski definition) is 2.